The van der Waals surface area contributed by atoms with Crippen molar-refractivity contribution in [1.82, 2.24) is 15.5 Å². The van der Waals surface area contributed by atoms with Crippen LogP contribution in [0.5, 0.6) is 11.5 Å². The average molecular weight is 450 g/mol. The van der Waals surface area contributed by atoms with Gasteiger partial charge in [0.1, 0.15) is 0 Å². The van der Waals surface area contributed by atoms with Gasteiger partial charge in [-0.2, -0.15) is 0 Å². The van der Waals surface area contributed by atoms with Crippen LogP contribution in [0, 0.1) is 0 Å². The molecule has 0 radical (unpaired) electrons. The zero-order valence-corrected chi connectivity index (χ0v) is 20.8. The fraction of sp³-hybridized carbons (Fsp3) is 0.720. The molecule has 0 saturated carbocycles. The number of benzene rings is 1. The van der Waals surface area contributed by atoms with Crippen molar-refractivity contribution >= 4 is 5.91 Å². The Morgan fingerprint density at radius 2 is 1.94 bits per heavy atom. The van der Waals surface area contributed by atoms with Gasteiger partial charge in [-0.25, -0.2) is 0 Å². The molecule has 1 amide bonds. The van der Waals surface area contributed by atoms with E-state index in [9.17, 15) is 4.79 Å². The topological polar surface area (TPSA) is 72.1 Å². The van der Waals surface area contributed by atoms with E-state index in [1.54, 1.807) is 20.3 Å². The molecule has 0 unspecified atom stereocenters. The minimum absolute atomic E-state index is 0.0381. The van der Waals surface area contributed by atoms with Gasteiger partial charge in [0.05, 0.1) is 13.7 Å². The predicted molar refractivity (Wildman–Crippen MR) is 129 cm³/mol. The molecule has 0 aliphatic carbocycles. The Bertz CT molecular complexity index is 688. The van der Waals surface area contributed by atoms with Crippen LogP contribution in [-0.2, 0) is 4.74 Å². The van der Waals surface area contributed by atoms with E-state index in [-0.39, 0.29) is 18.0 Å². The number of piperidine rings is 1. The van der Waals surface area contributed by atoms with Gasteiger partial charge in [-0.15, -0.1) is 0 Å². The van der Waals surface area contributed by atoms with E-state index in [0.29, 0.717) is 42.4 Å². The van der Waals surface area contributed by atoms with Crippen molar-refractivity contribution in [3.8, 4) is 11.5 Å². The summed E-state index contributed by atoms with van der Waals surface area (Å²) in [6.07, 6.45) is 3.98. The summed E-state index contributed by atoms with van der Waals surface area (Å²) in [5, 5.41) is 7.15. The Labute approximate surface area is 194 Å². The molecule has 0 aromatic heterocycles. The number of hydrogen-bond acceptors (Lipinski definition) is 6. The Hall–Kier alpha value is -1.83. The molecule has 1 fully saturated rings. The van der Waals surface area contributed by atoms with Crippen LogP contribution in [0.15, 0.2) is 18.2 Å². The lowest BCUT2D eigenvalue weighted by atomic mass is 9.95. The highest BCUT2D eigenvalue weighted by molar-refractivity contribution is 5.95. The summed E-state index contributed by atoms with van der Waals surface area (Å²) in [6.45, 7) is 11.5. The first-order valence-corrected chi connectivity index (χ1v) is 12.0. The molecule has 182 valence electrons. The monoisotopic (exact) mass is 449 g/mol. The average Bonchev–Trinajstić information content (AvgIpc) is 2.77. The number of nitrogens with one attached hydrogen (secondary N) is 2. The van der Waals surface area contributed by atoms with E-state index in [0.717, 1.165) is 38.8 Å². The largest absolute Gasteiger partial charge is 0.493 e. The van der Waals surface area contributed by atoms with Gasteiger partial charge in [0, 0.05) is 56.4 Å². The Kier molecular flexibility index (Phi) is 11.3. The van der Waals surface area contributed by atoms with Crippen LogP contribution in [0.1, 0.15) is 63.7 Å². The number of hydrogen-bond donors (Lipinski definition) is 2. The van der Waals surface area contributed by atoms with Crippen molar-refractivity contribution in [3.05, 3.63) is 23.8 Å². The molecule has 1 saturated heterocycles. The van der Waals surface area contributed by atoms with Crippen LogP contribution in [-0.4, -0.2) is 75.5 Å². The van der Waals surface area contributed by atoms with Gasteiger partial charge in [-0.3, -0.25) is 4.79 Å². The first-order chi connectivity index (χ1) is 15.4. The van der Waals surface area contributed by atoms with Crippen molar-refractivity contribution in [3.63, 3.8) is 0 Å². The molecule has 1 aromatic rings. The molecular weight excluding hydrogens is 406 g/mol. The SMILES string of the molecule is COCCCOc1cc(C(=O)N(C(C)C)[C@@H]2CC[C@H](CCNC(C)C)NC2)ccc1OC. The Balaban J connectivity index is 2.03. The van der Waals surface area contributed by atoms with Gasteiger partial charge < -0.3 is 29.7 Å². The van der Waals surface area contributed by atoms with Crippen molar-refractivity contribution in [2.45, 2.75) is 77.5 Å². The van der Waals surface area contributed by atoms with Crippen molar-refractivity contribution < 1.29 is 19.0 Å². The zero-order valence-electron chi connectivity index (χ0n) is 20.8. The second-order valence-electron chi connectivity index (χ2n) is 9.10. The zero-order chi connectivity index (χ0) is 23.5. The molecule has 7 nitrogen and oxygen atoms in total. The van der Waals surface area contributed by atoms with Gasteiger partial charge >= 0.3 is 0 Å². The van der Waals surface area contributed by atoms with E-state index < -0.39 is 0 Å². The van der Waals surface area contributed by atoms with Gasteiger partial charge in [0.15, 0.2) is 11.5 Å². The molecule has 0 bridgehead atoms. The minimum Gasteiger partial charge on any atom is -0.493 e. The summed E-state index contributed by atoms with van der Waals surface area (Å²) in [5.74, 6) is 1.26. The first-order valence-electron chi connectivity index (χ1n) is 12.0. The van der Waals surface area contributed by atoms with Crippen LogP contribution in [0.25, 0.3) is 0 Å². The maximum atomic E-state index is 13.5. The minimum atomic E-state index is 0.0381. The smallest absolute Gasteiger partial charge is 0.254 e. The third-order valence-electron chi connectivity index (χ3n) is 5.88. The first kappa shape index (κ1) is 26.4. The van der Waals surface area contributed by atoms with Crippen molar-refractivity contribution in [2.75, 3.05) is 40.5 Å². The highest BCUT2D eigenvalue weighted by Crippen LogP contribution is 2.30. The molecule has 0 spiro atoms. The Morgan fingerprint density at radius 1 is 1.16 bits per heavy atom. The second-order valence-corrected chi connectivity index (χ2v) is 9.10. The molecule has 1 aromatic carbocycles. The van der Waals surface area contributed by atoms with Crippen LogP contribution >= 0.6 is 0 Å². The lowest BCUT2D eigenvalue weighted by Gasteiger charge is -2.40. The van der Waals surface area contributed by atoms with E-state index >= 15 is 0 Å². The molecule has 2 atom stereocenters. The summed E-state index contributed by atoms with van der Waals surface area (Å²) in [6, 6.07) is 6.77. The van der Waals surface area contributed by atoms with Gasteiger partial charge in [-0.1, -0.05) is 13.8 Å². The molecule has 7 heteroatoms. The third-order valence-corrected chi connectivity index (χ3v) is 5.88. The summed E-state index contributed by atoms with van der Waals surface area (Å²) >= 11 is 0. The summed E-state index contributed by atoms with van der Waals surface area (Å²) in [5.41, 5.74) is 0.629. The highest BCUT2D eigenvalue weighted by Gasteiger charge is 2.31. The normalized spacial score (nSPS) is 18.8. The maximum Gasteiger partial charge on any atom is 0.254 e. The highest BCUT2D eigenvalue weighted by atomic mass is 16.5. The number of rotatable bonds is 13. The summed E-state index contributed by atoms with van der Waals surface area (Å²) in [7, 11) is 3.28. The molecule has 1 aliphatic heterocycles. The van der Waals surface area contributed by atoms with Crippen LogP contribution < -0.4 is 20.1 Å². The predicted octanol–water partition coefficient (Wildman–Crippen LogP) is 3.47. The third kappa shape index (κ3) is 7.94. The lowest BCUT2D eigenvalue weighted by Crippen LogP contribution is -2.54. The van der Waals surface area contributed by atoms with Crippen LogP contribution in [0.3, 0.4) is 0 Å². The molecule has 2 N–H and O–H groups in total. The second kappa shape index (κ2) is 13.7. The van der Waals surface area contributed by atoms with Crippen LogP contribution in [0.4, 0.5) is 0 Å². The number of ether oxygens (including phenoxy) is 3. The fourth-order valence-electron chi connectivity index (χ4n) is 4.21. The fourth-order valence-corrected chi connectivity index (χ4v) is 4.21. The van der Waals surface area contributed by atoms with E-state index in [4.69, 9.17) is 14.2 Å². The maximum absolute atomic E-state index is 13.5. The molecule has 1 aliphatic rings. The number of amides is 1. The number of methoxy groups -OCH3 is 2. The van der Waals surface area contributed by atoms with E-state index in [2.05, 4.69) is 38.3 Å². The number of carbonyl (C=O) groups excluding carboxylic acids is 1. The van der Waals surface area contributed by atoms with Gasteiger partial charge in [-0.05, 0) is 57.9 Å². The Morgan fingerprint density at radius 3 is 2.53 bits per heavy atom. The summed E-state index contributed by atoms with van der Waals surface area (Å²) in [4.78, 5) is 15.5. The van der Waals surface area contributed by atoms with Crippen molar-refractivity contribution in [2.24, 2.45) is 0 Å². The number of carbonyl (C=O) groups is 1. The molecular formula is C25H43N3O4. The molecule has 32 heavy (non-hydrogen) atoms. The van der Waals surface area contributed by atoms with Crippen molar-refractivity contribution in [1.29, 1.82) is 0 Å². The quantitative estimate of drug-likeness (QED) is 0.449. The van der Waals surface area contributed by atoms with E-state index in [1.807, 2.05) is 17.0 Å². The van der Waals surface area contributed by atoms with E-state index in [1.165, 1.54) is 0 Å². The molecule has 2 rings (SSSR count). The molecule has 1 heterocycles. The standard InChI is InChI=1S/C25H43N3O4/c1-18(2)26-13-12-21-9-10-22(17-27-21)28(19(3)4)25(29)20-8-11-23(31-6)24(16-20)32-15-7-14-30-5/h8,11,16,18-19,21-22,26-27H,7,9-10,12-15,17H2,1-6H3/t21-,22-/m1/s1. The van der Waals surface area contributed by atoms with Gasteiger partial charge in [0.2, 0.25) is 0 Å². The number of nitrogens with zero attached hydrogens (tertiary/aromatic N) is 1. The van der Waals surface area contributed by atoms with Crippen LogP contribution in [0.2, 0.25) is 0 Å². The van der Waals surface area contributed by atoms with Gasteiger partial charge in [0.25, 0.3) is 5.91 Å². The summed E-state index contributed by atoms with van der Waals surface area (Å²) < 4.78 is 16.4. The lowest BCUT2D eigenvalue weighted by molar-refractivity contribution is 0.0552.